The molecule has 1 unspecified atom stereocenters. The summed E-state index contributed by atoms with van der Waals surface area (Å²) >= 11 is 0. The summed E-state index contributed by atoms with van der Waals surface area (Å²) in [5.41, 5.74) is 9.50. The van der Waals surface area contributed by atoms with Gasteiger partial charge in [0.1, 0.15) is 5.52 Å². The third-order valence-electron chi connectivity index (χ3n) is 4.58. The Morgan fingerprint density at radius 3 is 2.74 bits per heavy atom. The molecule has 1 aliphatic carbocycles. The second-order valence-electron chi connectivity index (χ2n) is 6.31. The molecule has 1 saturated carbocycles. The van der Waals surface area contributed by atoms with Gasteiger partial charge in [0, 0.05) is 12.6 Å². The number of aryl methyl sites for hydroxylation is 2. The summed E-state index contributed by atoms with van der Waals surface area (Å²) in [5, 5.41) is 4.57. The van der Waals surface area contributed by atoms with Crippen LogP contribution in [0.2, 0.25) is 0 Å². The Balaban J connectivity index is 2.25. The first kappa shape index (κ1) is 12.5. The predicted molar refractivity (Wildman–Crippen MR) is 77.0 cm³/mol. The minimum absolute atomic E-state index is 0.276. The van der Waals surface area contributed by atoms with Gasteiger partial charge in [0.15, 0.2) is 5.65 Å². The molecule has 2 aromatic heterocycles. The number of nitrogen functional groups attached to an aromatic ring is 1. The molecule has 5 heteroatoms. The van der Waals surface area contributed by atoms with Gasteiger partial charge >= 0.3 is 0 Å². The molecule has 0 saturated heterocycles. The second-order valence-corrected chi connectivity index (χ2v) is 6.31. The van der Waals surface area contributed by atoms with Crippen LogP contribution in [-0.2, 0) is 6.54 Å². The van der Waals surface area contributed by atoms with Crippen molar-refractivity contribution in [2.45, 2.75) is 59.5 Å². The first-order chi connectivity index (χ1) is 8.95. The molecule has 0 amide bonds. The average Bonchev–Trinajstić information content (AvgIpc) is 2.94. The smallest absolute Gasteiger partial charge is 0.202 e. The number of nitrogens with two attached hydrogens (primary N) is 1. The molecule has 0 aromatic carbocycles. The van der Waals surface area contributed by atoms with Crippen LogP contribution in [0.3, 0.4) is 0 Å². The molecule has 3 rings (SSSR count). The van der Waals surface area contributed by atoms with Crippen LogP contribution in [0.4, 0.5) is 5.95 Å². The van der Waals surface area contributed by atoms with E-state index in [0.29, 0.717) is 12.0 Å². The van der Waals surface area contributed by atoms with Crippen LogP contribution in [0.25, 0.3) is 11.2 Å². The second kappa shape index (κ2) is 3.99. The lowest BCUT2D eigenvalue weighted by Gasteiger charge is -2.29. The van der Waals surface area contributed by atoms with E-state index in [1.165, 1.54) is 19.3 Å². The van der Waals surface area contributed by atoms with Gasteiger partial charge in [-0.05, 0) is 32.1 Å². The Kier molecular flexibility index (Phi) is 2.62. The topological polar surface area (TPSA) is 61.7 Å². The SMILES string of the molecule is CCn1nc(C)c2nc(N)n(C3CCCC3(C)C)c21. The van der Waals surface area contributed by atoms with Crippen molar-refractivity contribution in [3.63, 3.8) is 0 Å². The zero-order valence-electron chi connectivity index (χ0n) is 12.3. The van der Waals surface area contributed by atoms with Crippen LogP contribution in [-0.4, -0.2) is 19.3 Å². The first-order valence-corrected chi connectivity index (χ1v) is 7.16. The highest BCUT2D eigenvalue weighted by atomic mass is 15.4. The fourth-order valence-corrected chi connectivity index (χ4v) is 3.52. The van der Waals surface area contributed by atoms with Crippen molar-refractivity contribution in [1.82, 2.24) is 19.3 Å². The number of anilines is 1. The largest absolute Gasteiger partial charge is 0.369 e. The van der Waals surface area contributed by atoms with E-state index in [0.717, 1.165) is 23.4 Å². The number of aromatic nitrogens is 4. The third kappa shape index (κ3) is 1.67. The van der Waals surface area contributed by atoms with Crippen LogP contribution < -0.4 is 5.73 Å². The van der Waals surface area contributed by atoms with Gasteiger partial charge in [0.25, 0.3) is 0 Å². The molecule has 0 radical (unpaired) electrons. The minimum atomic E-state index is 0.276. The van der Waals surface area contributed by atoms with Crippen LogP contribution in [0.1, 0.15) is 51.8 Å². The molecule has 1 atom stereocenters. The molecule has 1 fully saturated rings. The summed E-state index contributed by atoms with van der Waals surface area (Å²) in [5.74, 6) is 0.637. The van der Waals surface area contributed by atoms with Crippen molar-refractivity contribution in [3.05, 3.63) is 5.69 Å². The van der Waals surface area contributed by atoms with Crippen molar-refractivity contribution in [1.29, 1.82) is 0 Å². The molecule has 5 nitrogen and oxygen atoms in total. The van der Waals surface area contributed by atoms with Gasteiger partial charge in [-0.15, -0.1) is 0 Å². The lowest BCUT2D eigenvalue weighted by molar-refractivity contribution is 0.266. The molecule has 19 heavy (non-hydrogen) atoms. The quantitative estimate of drug-likeness (QED) is 0.904. The number of imidazole rings is 1. The molecule has 2 N–H and O–H groups in total. The maximum Gasteiger partial charge on any atom is 0.202 e. The van der Waals surface area contributed by atoms with Gasteiger partial charge in [-0.2, -0.15) is 5.10 Å². The molecular formula is C14H23N5. The summed E-state index contributed by atoms with van der Waals surface area (Å²) in [7, 11) is 0. The van der Waals surface area contributed by atoms with Crippen LogP contribution in [0.15, 0.2) is 0 Å². The summed E-state index contributed by atoms with van der Waals surface area (Å²) < 4.78 is 4.26. The Labute approximate surface area is 113 Å². The lowest BCUT2D eigenvalue weighted by atomic mass is 9.87. The third-order valence-corrected chi connectivity index (χ3v) is 4.58. The summed E-state index contributed by atoms with van der Waals surface area (Å²) in [6, 6.07) is 0.430. The number of hydrogen-bond donors (Lipinski definition) is 1. The molecule has 2 aromatic rings. The number of rotatable bonds is 2. The standard InChI is InChI=1S/C14H23N5/c1-5-18-12-11(9(2)17-18)16-13(15)19(12)10-7-6-8-14(10,3)4/h10H,5-8H2,1-4H3,(H2,15,16). The molecule has 2 heterocycles. The van der Waals surface area contributed by atoms with E-state index in [2.05, 4.69) is 35.4 Å². The monoisotopic (exact) mass is 261 g/mol. The molecule has 104 valence electrons. The maximum absolute atomic E-state index is 6.20. The number of hydrogen-bond acceptors (Lipinski definition) is 3. The van der Waals surface area contributed by atoms with Gasteiger partial charge in [0.05, 0.1) is 5.69 Å². The van der Waals surface area contributed by atoms with Crippen LogP contribution in [0.5, 0.6) is 0 Å². The average molecular weight is 261 g/mol. The fourth-order valence-electron chi connectivity index (χ4n) is 3.52. The van der Waals surface area contributed by atoms with E-state index in [-0.39, 0.29) is 5.41 Å². The van der Waals surface area contributed by atoms with Crippen molar-refractivity contribution in [3.8, 4) is 0 Å². The number of nitrogens with zero attached hydrogens (tertiary/aromatic N) is 4. The Bertz CT molecular complexity index is 619. The molecule has 0 aliphatic heterocycles. The lowest BCUT2D eigenvalue weighted by Crippen LogP contribution is -2.24. The fraction of sp³-hybridized carbons (Fsp3) is 0.714. The highest BCUT2D eigenvalue weighted by Gasteiger charge is 2.38. The van der Waals surface area contributed by atoms with Crippen LogP contribution >= 0.6 is 0 Å². The van der Waals surface area contributed by atoms with E-state index >= 15 is 0 Å². The van der Waals surface area contributed by atoms with Crippen molar-refractivity contribution in [2.75, 3.05) is 5.73 Å². The predicted octanol–water partition coefficient (Wildman–Crippen LogP) is 2.89. The van der Waals surface area contributed by atoms with Crippen LogP contribution in [0, 0.1) is 12.3 Å². The Morgan fingerprint density at radius 2 is 2.16 bits per heavy atom. The highest BCUT2D eigenvalue weighted by molar-refractivity contribution is 5.77. The summed E-state index contributed by atoms with van der Waals surface area (Å²) in [6.07, 6.45) is 3.68. The van der Waals surface area contributed by atoms with Crippen molar-refractivity contribution < 1.29 is 0 Å². The summed E-state index contributed by atoms with van der Waals surface area (Å²) in [6.45, 7) is 9.62. The highest BCUT2D eigenvalue weighted by Crippen LogP contribution is 2.47. The van der Waals surface area contributed by atoms with Gasteiger partial charge < -0.3 is 5.73 Å². The van der Waals surface area contributed by atoms with Gasteiger partial charge in [-0.3, -0.25) is 4.57 Å². The molecule has 0 bridgehead atoms. The van der Waals surface area contributed by atoms with Gasteiger partial charge in [-0.25, -0.2) is 9.67 Å². The van der Waals surface area contributed by atoms with Gasteiger partial charge in [0.2, 0.25) is 5.95 Å². The van der Waals surface area contributed by atoms with Gasteiger partial charge in [-0.1, -0.05) is 20.3 Å². The number of fused-ring (bicyclic) bond motifs is 1. The normalized spacial score (nSPS) is 22.4. The zero-order valence-corrected chi connectivity index (χ0v) is 12.3. The molecule has 0 spiro atoms. The van der Waals surface area contributed by atoms with E-state index in [4.69, 9.17) is 5.73 Å². The van der Waals surface area contributed by atoms with Crippen molar-refractivity contribution >= 4 is 17.1 Å². The first-order valence-electron chi connectivity index (χ1n) is 7.16. The van der Waals surface area contributed by atoms with E-state index < -0.39 is 0 Å². The molecular weight excluding hydrogens is 238 g/mol. The Morgan fingerprint density at radius 1 is 1.42 bits per heavy atom. The minimum Gasteiger partial charge on any atom is -0.369 e. The van der Waals surface area contributed by atoms with E-state index in [1.807, 2.05) is 11.6 Å². The molecule has 1 aliphatic rings. The Hall–Kier alpha value is -1.52. The zero-order chi connectivity index (χ0) is 13.8. The summed E-state index contributed by atoms with van der Waals surface area (Å²) in [4.78, 5) is 4.55. The van der Waals surface area contributed by atoms with Crippen molar-refractivity contribution in [2.24, 2.45) is 5.41 Å². The van der Waals surface area contributed by atoms with E-state index in [9.17, 15) is 0 Å². The van der Waals surface area contributed by atoms with E-state index in [1.54, 1.807) is 0 Å². The maximum atomic E-state index is 6.20.